The highest BCUT2D eigenvalue weighted by molar-refractivity contribution is 6.03. The minimum absolute atomic E-state index is 0.00106. The summed E-state index contributed by atoms with van der Waals surface area (Å²) in [5, 5.41) is 5.21. The number of hydrogen-bond donors (Lipinski definition) is 2. The number of carbonyl (C=O) groups is 4. The molecule has 0 radical (unpaired) electrons. The van der Waals surface area contributed by atoms with Crippen LogP contribution in [0.4, 0.5) is 0 Å². The Hall–Kier alpha value is -4.14. The van der Waals surface area contributed by atoms with Gasteiger partial charge < -0.3 is 25.0 Å². The molecule has 2 aromatic rings. The molecule has 178 valence electrons. The summed E-state index contributed by atoms with van der Waals surface area (Å²) in [6.45, 7) is 1.87. The van der Waals surface area contributed by atoms with Crippen LogP contribution in [0.3, 0.4) is 0 Å². The second-order valence-electron chi connectivity index (χ2n) is 7.54. The number of benzene rings is 2. The maximum absolute atomic E-state index is 13.3. The van der Waals surface area contributed by atoms with Crippen molar-refractivity contribution in [3.05, 3.63) is 71.9 Å². The maximum atomic E-state index is 13.3. The van der Waals surface area contributed by atoms with E-state index >= 15 is 0 Å². The molecule has 9 nitrogen and oxygen atoms in total. The summed E-state index contributed by atoms with van der Waals surface area (Å²) < 4.78 is 10.7. The van der Waals surface area contributed by atoms with Crippen molar-refractivity contribution in [2.24, 2.45) is 0 Å². The molecule has 1 aliphatic heterocycles. The zero-order valence-electron chi connectivity index (χ0n) is 18.9. The van der Waals surface area contributed by atoms with E-state index in [1.165, 1.54) is 17.9 Å². The first-order chi connectivity index (χ1) is 16.4. The minimum Gasteiger partial charge on any atom is -0.490 e. The molecule has 1 saturated heterocycles. The normalized spacial score (nSPS) is 15.8. The maximum Gasteiger partial charge on any atom is 0.308 e. The minimum atomic E-state index is -1.06. The van der Waals surface area contributed by atoms with E-state index in [9.17, 15) is 19.2 Å². The van der Waals surface area contributed by atoms with Crippen molar-refractivity contribution in [3.8, 4) is 5.75 Å². The monoisotopic (exact) mass is 465 g/mol. The van der Waals surface area contributed by atoms with E-state index in [1.54, 1.807) is 36.4 Å². The molecule has 1 atom stereocenters. The second-order valence-corrected chi connectivity index (χ2v) is 7.54. The predicted molar refractivity (Wildman–Crippen MR) is 124 cm³/mol. The van der Waals surface area contributed by atoms with Gasteiger partial charge in [-0.3, -0.25) is 19.2 Å². The fourth-order valence-corrected chi connectivity index (χ4v) is 3.42. The summed E-state index contributed by atoms with van der Waals surface area (Å²) >= 11 is 0. The van der Waals surface area contributed by atoms with Gasteiger partial charge in [-0.05, 0) is 23.8 Å². The fraction of sp³-hybridized carbons (Fsp3) is 0.280. The van der Waals surface area contributed by atoms with Gasteiger partial charge in [0.25, 0.3) is 5.91 Å². The van der Waals surface area contributed by atoms with Gasteiger partial charge in [0.2, 0.25) is 11.8 Å². The zero-order chi connectivity index (χ0) is 24.3. The SMILES string of the molecule is CC(=O)N/C(=C/c1ccccc1)C(=O)N1CCNC(=O)[C@H]1CC(=O)OCCOc1ccccc1. The molecule has 1 heterocycles. The number of para-hydroxylation sites is 1. The van der Waals surface area contributed by atoms with Crippen molar-refractivity contribution < 1.29 is 28.7 Å². The molecule has 34 heavy (non-hydrogen) atoms. The van der Waals surface area contributed by atoms with Crippen molar-refractivity contribution in [2.45, 2.75) is 19.4 Å². The van der Waals surface area contributed by atoms with E-state index < -0.39 is 29.7 Å². The highest BCUT2D eigenvalue weighted by Gasteiger charge is 2.36. The summed E-state index contributed by atoms with van der Waals surface area (Å²) in [5.74, 6) is -1.42. The number of rotatable bonds is 9. The third-order valence-corrected chi connectivity index (χ3v) is 4.96. The molecule has 0 bridgehead atoms. The second kappa shape index (κ2) is 12.2. The molecule has 1 aliphatic rings. The largest absolute Gasteiger partial charge is 0.490 e. The quantitative estimate of drug-likeness (QED) is 0.330. The molecule has 1 fully saturated rings. The van der Waals surface area contributed by atoms with Crippen molar-refractivity contribution in [1.29, 1.82) is 0 Å². The van der Waals surface area contributed by atoms with Crippen LogP contribution in [0, 0.1) is 0 Å². The van der Waals surface area contributed by atoms with Crippen molar-refractivity contribution in [3.63, 3.8) is 0 Å². The Morgan fingerprint density at radius 3 is 2.41 bits per heavy atom. The van der Waals surface area contributed by atoms with Gasteiger partial charge in [-0.1, -0.05) is 48.5 Å². The molecule has 2 N–H and O–H groups in total. The predicted octanol–water partition coefficient (Wildman–Crippen LogP) is 1.50. The van der Waals surface area contributed by atoms with Crippen molar-refractivity contribution in [1.82, 2.24) is 15.5 Å². The third-order valence-electron chi connectivity index (χ3n) is 4.96. The number of amides is 3. The molecule has 9 heteroatoms. The highest BCUT2D eigenvalue weighted by Crippen LogP contribution is 2.15. The van der Waals surface area contributed by atoms with Crippen LogP contribution in [-0.4, -0.2) is 60.9 Å². The summed E-state index contributed by atoms with van der Waals surface area (Å²) in [4.78, 5) is 51.2. The number of nitrogens with zero attached hydrogens (tertiary/aromatic N) is 1. The molecule has 3 amide bonds. The van der Waals surface area contributed by atoms with Gasteiger partial charge >= 0.3 is 5.97 Å². The Bertz CT molecular complexity index is 1040. The number of piperazine rings is 1. The van der Waals surface area contributed by atoms with E-state index in [0.717, 1.165) is 0 Å². The van der Waals surface area contributed by atoms with Crippen LogP contribution in [0.1, 0.15) is 18.9 Å². The summed E-state index contributed by atoms with van der Waals surface area (Å²) in [6, 6.07) is 17.0. The molecule has 3 rings (SSSR count). The van der Waals surface area contributed by atoms with Gasteiger partial charge in [0.15, 0.2) is 0 Å². The van der Waals surface area contributed by atoms with Crippen LogP contribution in [0.15, 0.2) is 66.4 Å². The number of esters is 1. The Morgan fingerprint density at radius 1 is 1.06 bits per heavy atom. The molecule has 0 aromatic heterocycles. The standard InChI is InChI=1S/C25H27N3O6/c1-18(29)27-21(16-19-8-4-2-5-9-19)25(32)28-13-12-26-24(31)22(28)17-23(30)34-15-14-33-20-10-6-3-7-11-20/h2-11,16,22H,12-15,17H2,1H3,(H,26,31)(H,27,29)/b21-16+/t22-/m1/s1. The van der Waals surface area contributed by atoms with Crippen LogP contribution in [0.5, 0.6) is 5.75 Å². The first-order valence-electron chi connectivity index (χ1n) is 10.9. The van der Waals surface area contributed by atoms with Gasteiger partial charge in [0, 0.05) is 20.0 Å². The Balaban J connectivity index is 1.64. The first kappa shape index (κ1) is 24.5. The molecular formula is C25H27N3O6. The number of ether oxygens (including phenoxy) is 2. The van der Waals surface area contributed by atoms with Gasteiger partial charge in [-0.25, -0.2) is 0 Å². The summed E-state index contributed by atoms with van der Waals surface area (Å²) in [5.41, 5.74) is 0.721. The fourth-order valence-electron chi connectivity index (χ4n) is 3.42. The number of hydrogen-bond acceptors (Lipinski definition) is 6. The van der Waals surface area contributed by atoms with Gasteiger partial charge in [-0.2, -0.15) is 0 Å². The van der Waals surface area contributed by atoms with Crippen LogP contribution >= 0.6 is 0 Å². The molecule has 0 spiro atoms. The highest BCUT2D eigenvalue weighted by atomic mass is 16.6. The Kier molecular flexibility index (Phi) is 8.79. The molecule has 0 saturated carbocycles. The molecular weight excluding hydrogens is 438 g/mol. The smallest absolute Gasteiger partial charge is 0.308 e. The summed E-state index contributed by atoms with van der Waals surface area (Å²) in [7, 11) is 0. The lowest BCUT2D eigenvalue weighted by Gasteiger charge is -2.35. The van der Waals surface area contributed by atoms with Crippen LogP contribution in [0.25, 0.3) is 6.08 Å². The van der Waals surface area contributed by atoms with E-state index in [1.807, 2.05) is 24.3 Å². The number of nitrogens with one attached hydrogen (secondary N) is 2. The van der Waals surface area contributed by atoms with Crippen LogP contribution in [-0.2, 0) is 23.9 Å². The molecule has 0 unspecified atom stereocenters. The third kappa shape index (κ3) is 7.19. The van der Waals surface area contributed by atoms with Crippen molar-refractivity contribution in [2.75, 3.05) is 26.3 Å². The van der Waals surface area contributed by atoms with Gasteiger partial charge in [0.1, 0.15) is 30.7 Å². The van der Waals surface area contributed by atoms with E-state index in [4.69, 9.17) is 9.47 Å². The lowest BCUT2D eigenvalue weighted by Crippen LogP contribution is -2.58. The average Bonchev–Trinajstić information content (AvgIpc) is 2.83. The topological polar surface area (TPSA) is 114 Å². The average molecular weight is 466 g/mol. The lowest BCUT2D eigenvalue weighted by molar-refractivity contribution is -0.151. The van der Waals surface area contributed by atoms with Crippen molar-refractivity contribution >= 4 is 29.8 Å². The van der Waals surface area contributed by atoms with E-state index in [2.05, 4.69) is 10.6 Å². The van der Waals surface area contributed by atoms with Crippen LogP contribution in [0.2, 0.25) is 0 Å². The van der Waals surface area contributed by atoms with Gasteiger partial charge in [-0.15, -0.1) is 0 Å². The molecule has 2 aromatic carbocycles. The number of carbonyl (C=O) groups excluding carboxylic acids is 4. The first-order valence-corrected chi connectivity index (χ1v) is 10.9. The van der Waals surface area contributed by atoms with Gasteiger partial charge in [0.05, 0.1) is 6.42 Å². The Labute approximate surface area is 197 Å². The zero-order valence-corrected chi connectivity index (χ0v) is 18.9. The van der Waals surface area contributed by atoms with E-state index in [-0.39, 0.29) is 38.4 Å². The van der Waals surface area contributed by atoms with Crippen LogP contribution < -0.4 is 15.4 Å². The molecule has 0 aliphatic carbocycles. The van der Waals surface area contributed by atoms with E-state index in [0.29, 0.717) is 11.3 Å². The Morgan fingerprint density at radius 2 is 1.74 bits per heavy atom. The summed E-state index contributed by atoms with van der Waals surface area (Å²) in [6.07, 6.45) is 1.22. The lowest BCUT2D eigenvalue weighted by atomic mass is 10.1.